The number of nitrogens with zero attached hydrogens (tertiary/aromatic N) is 2. The fourth-order valence-electron chi connectivity index (χ4n) is 2.78. The largest absolute Gasteiger partial charge is 0.462 e. The van der Waals surface area contributed by atoms with Gasteiger partial charge < -0.3 is 15.1 Å². The van der Waals surface area contributed by atoms with Crippen molar-refractivity contribution >= 4 is 42.1 Å². The molecule has 2 aromatic rings. The Hall–Kier alpha value is -1.08. The van der Waals surface area contributed by atoms with Crippen LogP contribution in [0.1, 0.15) is 35.9 Å². The van der Waals surface area contributed by atoms with Crippen LogP contribution in [0, 0.1) is 0 Å². The van der Waals surface area contributed by atoms with Gasteiger partial charge in [0.25, 0.3) is 5.91 Å². The van der Waals surface area contributed by atoms with Crippen molar-refractivity contribution < 1.29 is 9.21 Å². The molecular formula is C15H21Cl2N3O2S. The van der Waals surface area contributed by atoms with Crippen molar-refractivity contribution in [3.05, 3.63) is 29.5 Å². The number of piperidine rings is 1. The van der Waals surface area contributed by atoms with E-state index in [1.165, 1.54) is 11.3 Å². The van der Waals surface area contributed by atoms with Crippen molar-refractivity contribution in [1.29, 1.82) is 0 Å². The highest BCUT2D eigenvalue weighted by Gasteiger charge is 2.30. The predicted molar refractivity (Wildman–Crippen MR) is 96.6 cm³/mol. The summed E-state index contributed by atoms with van der Waals surface area (Å²) < 4.78 is 5.32. The maximum atomic E-state index is 12.7. The summed E-state index contributed by atoms with van der Waals surface area (Å²) in [5, 5.41) is 0.734. The van der Waals surface area contributed by atoms with Crippen molar-refractivity contribution in [3.63, 3.8) is 0 Å². The molecule has 0 saturated carbocycles. The number of thiazole rings is 1. The molecule has 3 rings (SSSR count). The second kappa shape index (κ2) is 8.68. The fraction of sp³-hybridized carbons (Fsp3) is 0.467. The average molecular weight is 378 g/mol. The van der Waals surface area contributed by atoms with Gasteiger partial charge in [-0.15, -0.1) is 36.2 Å². The number of hydrogen-bond donors (Lipinski definition) is 1. The summed E-state index contributed by atoms with van der Waals surface area (Å²) in [5.74, 6) is 0.730. The highest BCUT2D eigenvalue weighted by molar-refractivity contribution is 7.16. The van der Waals surface area contributed by atoms with Crippen LogP contribution in [0.4, 0.5) is 0 Å². The van der Waals surface area contributed by atoms with E-state index in [2.05, 4.69) is 4.98 Å². The number of furan rings is 1. The molecule has 1 saturated heterocycles. The van der Waals surface area contributed by atoms with Gasteiger partial charge in [-0.25, -0.2) is 4.98 Å². The molecule has 23 heavy (non-hydrogen) atoms. The van der Waals surface area contributed by atoms with E-state index in [1.54, 1.807) is 12.5 Å². The molecule has 5 nitrogen and oxygen atoms in total. The molecule has 1 fully saturated rings. The van der Waals surface area contributed by atoms with E-state index in [9.17, 15) is 4.79 Å². The first-order valence-corrected chi connectivity index (χ1v) is 8.04. The number of aromatic nitrogens is 1. The quantitative estimate of drug-likeness (QED) is 0.886. The molecule has 128 valence electrons. The van der Waals surface area contributed by atoms with E-state index in [-0.39, 0.29) is 42.8 Å². The number of rotatable bonds is 3. The lowest BCUT2D eigenvalue weighted by atomic mass is 9.97. The Morgan fingerprint density at radius 2 is 2.26 bits per heavy atom. The van der Waals surface area contributed by atoms with Crippen LogP contribution in [0.25, 0.3) is 10.8 Å². The van der Waals surface area contributed by atoms with Gasteiger partial charge in [-0.2, -0.15) is 0 Å². The number of nitrogens with two attached hydrogens (primary N) is 1. The minimum absolute atomic E-state index is 0. The number of halogens is 2. The number of carbonyl (C=O) groups is 1. The molecule has 2 N–H and O–H groups in total. The summed E-state index contributed by atoms with van der Waals surface area (Å²) in [6.45, 7) is 2.75. The van der Waals surface area contributed by atoms with Gasteiger partial charge in [0.15, 0.2) is 10.8 Å². The van der Waals surface area contributed by atoms with Crippen LogP contribution in [0.5, 0.6) is 0 Å². The molecule has 0 bridgehead atoms. The maximum Gasteiger partial charge on any atom is 0.265 e. The molecule has 2 aromatic heterocycles. The molecule has 0 aromatic carbocycles. The Balaban J connectivity index is 0.00000132. The molecule has 2 atom stereocenters. The van der Waals surface area contributed by atoms with Crippen molar-refractivity contribution in [2.24, 2.45) is 5.73 Å². The van der Waals surface area contributed by atoms with Crippen LogP contribution in [-0.2, 0) is 0 Å². The van der Waals surface area contributed by atoms with Gasteiger partial charge in [0, 0.05) is 18.6 Å². The van der Waals surface area contributed by atoms with Gasteiger partial charge in [0.2, 0.25) is 0 Å². The molecule has 1 aliphatic rings. The normalized spacial score (nSPS) is 18.7. The Kier molecular flexibility index (Phi) is 7.54. The third-order valence-corrected chi connectivity index (χ3v) is 4.87. The van der Waals surface area contributed by atoms with Crippen LogP contribution in [0.3, 0.4) is 0 Å². The Bertz CT molecular complexity index is 616. The predicted octanol–water partition coefficient (Wildman–Crippen LogP) is 3.59. The van der Waals surface area contributed by atoms with Crippen LogP contribution >= 0.6 is 36.2 Å². The Labute approximate surface area is 152 Å². The molecule has 1 amide bonds. The van der Waals surface area contributed by atoms with Crippen molar-refractivity contribution in [2.75, 3.05) is 6.54 Å². The third-order valence-electron chi connectivity index (χ3n) is 3.87. The molecule has 1 aliphatic heterocycles. The number of amides is 1. The lowest BCUT2D eigenvalue weighted by Crippen LogP contribution is -2.51. The number of hydrogen-bond acceptors (Lipinski definition) is 5. The minimum Gasteiger partial charge on any atom is -0.462 e. The lowest BCUT2D eigenvalue weighted by molar-refractivity contribution is 0.0588. The van der Waals surface area contributed by atoms with Gasteiger partial charge in [0.05, 0.1) is 12.5 Å². The summed E-state index contributed by atoms with van der Waals surface area (Å²) in [5.41, 5.74) is 6.03. The van der Waals surface area contributed by atoms with Gasteiger partial charge in [0.1, 0.15) is 4.88 Å². The SMILES string of the molecule is CC(N)C1CCCCN1C(=O)c1cnc(-c2ccco2)s1.Cl.Cl. The summed E-state index contributed by atoms with van der Waals surface area (Å²) in [7, 11) is 0. The zero-order valence-corrected chi connectivity index (χ0v) is 15.3. The molecule has 2 unspecified atom stereocenters. The lowest BCUT2D eigenvalue weighted by Gasteiger charge is -2.37. The minimum atomic E-state index is -0.00767. The summed E-state index contributed by atoms with van der Waals surface area (Å²) in [4.78, 5) is 19.6. The molecule has 0 radical (unpaired) electrons. The van der Waals surface area contributed by atoms with Crippen LogP contribution in [0.15, 0.2) is 29.0 Å². The van der Waals surface area contributed by atoms with E-state index in [0.717, 1.165) is 30.8 Å². The molecular weight excluding hydrogens is 357 g/mol. The van der Waals surface area contributed by atoms with E-state index < -0.39 is 0 Å². The number of carbonyl (C=O) groups excluding carboxylic acids is 1. The first-order chi connectivity index (χ1) is 10.2. The molecule has 8 heteroatoms. The Morgan fingerprint density at radius 1 is 1.48 bits per heavy atom. The topological polar surface area (TPSA) is 72.4 Å². The molecule has 0 aliphatic carbocycles. The Morgan fingerprint density at radius 3 is 2.91 bits per heavy atom. The van der Waals surface area contributed by atoms with E-state index in [4.69, 9.17) is 10.2 Å². The van der Waals surface area contributed by atoms with Crippen LogP contribution in [-0.4, -0.2) is 34.4 Å². The second-order valence-electron chi connectivity index (χ2n) is 5.43. The number of likely N-dealkylation sites (tertiary alicyclic amines) is 1. The zero-order valence-electron chi connectivity index (χ0n) is 12.8. The summed E-state index contributed by atoms with van der Waals surface area (Å²) in [6, 6.07) is 3.78. The second-order valence-corrected chi connectivity index (χ2v) is 6.46. The van der Waals surface area contributed by atoms with E-state index in [0.29, 0.717) is 10.6 Å². The van der Waals surface area contributed by atoms with Crippen LogP contribution < -0.4 is 5.73 Å². The first-order valence-electron chi connectivity index (χ1n) is 7.23. The van der Waals surface area contributed by atoms with Crippen molar-refractivity contribution in [3.8, 4) is 10.8 Å². The van der Waals surface area contributed by atoms with Gasteiger partial charge in [-0.3, -0.25) is 4.79 Å². The van der Waals surface area contributed by atoms with E-state index in [1.807, 2.05) is 24.0 Å². The summed E-state index contributed by atoms with van der Waals surface area (Å²) in [6.07, 6.45) is 6.40. The van der Waals surface area contributed by atoms with Gasteiger partial charge in [-0.05, 0) is 38.3 Å². The average Bonchev–Trinajstić information content (AvgIpc) is 3.17. The maximum absolute atomic E-state index is 12.7. The monoisotopic (exact) mass is 377 g/mol. The van der Waals surface area contributed by atoms with Gasteiger partial charge >= 0.3 is 0 Å². The molecule has 0 spiro atoms. The smallest absolute Gasteiger partial charge is 0.265 e. The fourth-order valence-corrected chi connectivity index (χ4v) is 3.63. The zero-order chi connectivity index (χ0) is 14.8. The van der Waals surface area contributed by atoms with E-state index >= 15 is 0 Å². The third kappa shape index (κ3) is 4.26. The highest BCUT2D eigenvalue weighted by Crippen LogP contribution is 2.28. The first kappa shape index (κ1) is 20.0. The van der Waals surface area contributed by atoms with Crippen molar-refractivity contribution in [1.82, 2.24) is 9.88 Å². The van der Waals surface area contributed by atoms with Crippen molar-refractivity contribution in [2.45, 2.75) is 38.3 Å². The molecule has 3 heterocycles. The highest BCUT2D eigenvalue weighted by atomic mass is 35.5. The van der Waals surface area contributed by atoms with Gasteiger partial charge in [-0.1, -0.05) is 0 Å². The summed E-state index contributed by atoms with van der Waals surface area (Å²) >= 11 is 1.37. The standard InChI is InChI=1S/C15H19N3O2S.2ClH/c1-10(16)11-5-2-3-7-18(11)15(19)13-9-17-14(21-13)12-6-4-8-20-12;;/h4,6,8-11H,2-3,5,7,16H2,1H3;2*1H. The van der Waals surface area contributed by atoms with Crippen LogP contribution in [0.2, 0.25) is 0 Å².